The molecule has 0 atom stereocenters. The molecule has 0 aliphatic rings. The summed E-state index contributed by atoms with van der Waals surface area (Å²) in [7, 11) is -4.30. The average Bonchev–Trinajstić information content (AvgIpc) is 2.25. The predicted octanol–water partition coefficient (Wildman–Crippen LogP) is 2.21. The highest BCUT2D eigenvalue weighted by Gasteiger charge is 2.50. The molecule has 0 aromatic rings. The van der Waals surface area contributed by atoms with Gasteiger partial charge in [-0.1, -0.05) is 0 Å². The van der Waals surface area contributed by atoms with Crippen LogP contribution in [0.5, 0.6) is 0 Å². The third-order valence-corrected chi connectivity index (χ3v) is 6.32. The minimum Gasteiger partial charge on any atom is -0.309 e. The van der Waals surface area contributed by atoms with Gasteiger partial charge in [-0.2, -0.15) is 0 Å². The highest BCUT2D eigenvalue weighted by Crippen LogP contribution is 2.69. The van der Waals surface area contributed by atoms with Gasteiger partial charge in [0.15, 0.2) is 0 Å². The van der Waals surface area contributed by atoms with Crippen molar-refractivity contribution in [2.24, 2.45) is 0 Å². The fourth-order valence-corrected chi connectivity index (χ4v) is 4.18. The van der Waals surface area contributed by atoms with Gasteiger partial charge >= 0.3 is 20.8 Å². The zero-order valence-corrected chi connectivity index (χ0v) is 10.1. The smallest absolute Gasteiger partial charge is 0.309 e. The van der Waals surface area contributed by atoms with Crippen molar-refractivity contribution < 1.29 is 31.6 Å². The Morgan fingerprint density at radius 2 is 1.07 bits per heavy atom. The third-order valence-electron chi connectivity index (χ3n) is 1.54. The van der Waals surface area contributed by atoms with Crippen molar-refractivity contribution in [3.63, 3.8) is 0 Å². The van der Waals surface area contributed by atoms with Crippen LogP contribution >= 0.6 is 15.2 Å². The lowest BCUT2D eigenvalue weighted by molar-refractivity contribution is 0.217. The fourth-order valence-electron chi connectivity index (χ4n) is 0.670. The first-order chi connectivity index (χ1) is 6.40. The van der Waals surface area contributed by atoms with Crippen LogP contribution in [0.4, 0.5) is 4.39 Å². The maximum atomic E-state index is 13.5. The molecule has 0 bridgehead atoms. The number of alkyl halides is 1. The summed E-state index contributed by atoms with van der Waals surface area (Å²) in [5.74, 6) is 0. The van der Waals surface area contributed by atoms with E-state index in [-0.39, 0.29) is 0 Å². The Kier molecular flexibility index (Phi) is 5.44. The Hall–Kier alpha value is 0.230. The quantitative estimate of drug-likeness (QED) is 0.673. The van der Waals surface area contributed by atoms with Crippen molar-refractivity contribution in [3.8, 4) is 0 Å². The van der Waals surface area contributed by atoms with E-state index >= 15 is 0 Å². The van der Waals surface area contributed by atoms with Crippen LogP contribution in [0, 0.1) is 0 Å². The SMILES string of the molecule is COP(=O)(OC)C(F)P(=O)(OC)OC. The summed E-state index contributed by atoms with van der Waals surface area (Å²) in [4.78, 5) is 0. The Morgan fingerprint density at radius 1 is 0.857 bits per heavy atom. The van der Waals surface area contributed by atoms with Gasteiger partial charge in [0.1, 0.15) is 0 Å². The molecule has 0 radical (unpaired) electrons. The fraction of sp³-hybridized carbons (Fsp3) is 1.00. The topological polar surface area (TPSA) is 71.1 Å². The molecule has 0 aliphatic carbocycles. The molecule has 0 aliphatic heterocycles. The van der Waals surface area contributed by atoms with Crippen molar-refractivity contribution >= 4 is 15.2 Å². The zero-order valence-electron chi connectivity index (χ0n) is 8.30. The Bertz CT molecular complexity index is 227. The first-order valence-electron chi connectivity index (χ1n) is 3.46. The van der Waals surface area contributed by atoms with Crippen LogP contribution in [-0.4, -0.2) is 34.1 Å². The van der Waals surface area contributed by atoms with E-state index in [1.165, 1.54) is 0 Å². The second-order valence-corrected chi connectivity index (χ2v) is 7.05. The summed E-state index contributed by atoms with van der Waals surface area (Å²) in [6.07, 6.45) is 0. The van der Waals surface area contributed by atoms with E-state index in [4.69, 9.17) is 0 Å². The summed E-state index contributed by atoms with van der Waals surface area (Å²) >= 11 is 0. The normalized spacial score (nSPS) is 13.6. The van der Waals surface area contributed by atoms with Gasteiger partial charge in [0.05, 0.1) is 0 Å². The highest BCUT2D eigenvalue weighted by atomic mass is 31.2. The maximum absolute atomic E-state index is 13.5. The predicted molar refractivity (Wildman–Crippen MR) is 48.1 cm³/mol. The lowest BCUT2D eigenvalue weighted by Gasteiger charge is -2.22. The number of rotatable bonds is 6. The molecule has 0 amide bonds. The first kappa shape index (κ1) is 14.2. The molecule has 0 aromatic carbocycles. The Labute approximate surface area is 81.7 Å². The van der Waals surface area contributed by atoms with Crippen LogP contribution in [0.3, 0.4) is 0 Å². The van der Waals surface area contributed by atoms with Gasteiger partial charge in [-0.3, -0.25) is 9.13 Å². The van der Waals surface area contributed by atoms with E-state index in [9.17, 15) is 13.5 Å². The lowest BCUT2D eigenvalue weighted by Crippen LogP contribution is -2.09. The van der Waals surface area contributed by atoms with Gasteiger partial charge in [0, 0.05) is 28.4 Å². The molecule has 9 heteroatoms. The van der Waals surface area contributed by atoms with Gasteiger partial charge in [-0.05, 0) is 0 Å². The summed E-state index contributed by atoms with van der Waals surface area (Å²) in [5, 5.41) is 0. The molecular formula is C5H13FO6P2. The van der Waals surface area contributed by atoms with Crippen LogP contribution < -0.4 is 0 Å². The molecule has 86 valence electrons. The highest BCUT2D eigenvalue weighted by molar-refractivity contribution is 7.72. The van der Waals surface area contributed by atoms with E-state index in [0.717, 1.165) is 28.4 Å². The van der Waals surface area contributed by atoms with Gasteiger partial charge in [-0.15, -0.1) is 0 Å². The van der Waals surface area contributed by atoms with Gasteiger partial charge in [0.2, 0.25) is 0 Å². The molecule has 0 aromatic heterocycles. The summed E-state index contributed by atoms with van der Waals surface area (Å²) in [5.41, 5.74) is -2.46. The first-order valence-corrected chi connectivity index (χ1v) is 6.69. The number of halogens is 1. The van der Waals surface area contributed by atoms with Gasteiger partial charge in [0.25, 0.3) is 0 Å². The largest absolute Gasteiger partial charge is 0.376 e. The van der Waals surface area contributed by atoms with Crippen molar-refractivity contribution in [3.05, 3.63) is 0 Å². The van der Waals surface area contributed by atoms with Crippen LogP contribution in [0.15, 0.2) is 0 Å². The molecule has 0 heterocycles. The molecule has 0 rings (SSSR count). The molecule has 0 unspecified atom stereocenters. The zero-order chi connectivity index (χ0) is 11.4. The van der Waals surface area contributed by atoms with Crippen molar-refractivity contribution in [2.75, 3.05) is 28.4 Å². The molecular weight excluding hydrogens is 237 g/mol. The van der Waals surface area contributed by atoms with Crippen LogP contribution in [0.2, 0.25) is 0 Å². The molecule has 0 N–H and O–H groups in total. The van der Waals surface area contributed by atoms with Crippen molar-refractivity contribution in [2.45, 2.75) is 5.65 Å². The molecule has 0 fully saturated rings. The Balaban J connectivity index is 5.01. The molecule has 0 saturated carbocycles. The minimum absolute atomic E-state index is 0.979. The standard InChI is InChI=1S/C5H13FO6P2/c1-9-13(7,10-2)5(6)14(8,11-3)12-4/h5H,1-4H3. The monoisotopic (exact) mass is 250 g/mol. The molecule has 14 heavy (non-hydrogen) atoms. The van der Waals surface area contributed by atoms with Crippen LogP contribution in [0.1, 0.15) is 0 Å². The third kappa shape index (κ3) is 2.63. The van der Waals surface area contributed by atoms with E-state index in [1.807, 2.05) is 0 Å². The maximum Gasteiger partial charge on any atom is 0.376 e. The number of hydrogen-bond acceptors (Lipinski definition) is 6. The van der Waals surface area contributed by atoms with E-state index in [1.54, 1.807) is 0 Å². The Morgan fingerprint density at radius 3 is 1.21 bits per heavy atom. The van der Waals surface area contributed by atoms with Crippen molar-refractivity contribution in [1.29, 1.82) is 0 Å². The summed E-state index contributed by atoms with van der Waals surface area (Å²) < 4.78 is 53.7. The van der Waals surface area contributed by atoms with Gasteiger partial charge < -0.3 is 18.1 Å². The minimum atomic E-state index is -4.11. The second kappa shape index (κ2) is 5.35. The second-order valence-electron chi connectivity index (χ2n) is 2.12. The summed E-state index contributed by atoms with van der Waals surface area (Å²) in [6.45, 7) is 0. The molecule has 0 saturated heterocycles. The van der Waals surface area contributed by atoms with E-state index < -0.39 is 20.8 Å². The van der Waals surface area contributed by atoms with Gasteiger partial charge in [-0.25, -0.2) is 4.39 Å². The van der Waals surface area contributed by atoms with E-state index in [2.05, 4.69) is 18.1 Å². The van der Waals surface area contributed by atoms with Crippen molar-refractivity contribution in [1.82, 2.24) is 0 Å². The molecule has 6 nitrogen and oxygen atoms in total. The average molecular weight is 250 g/mol. The molecule has 0 spiro atoms. The van der Waals surface area contributed by atoms with E-state index in [0.29, 0.717) is 0 Å². The van der Waals surface area contributed by atoms with Crippen LogP contribution in [0.25, 0.3) is 0 Å². The number of hydrogen-bond donors (Lipinski definition) is 0. The summed E-state index contributed by atoms with van der Waals surface area (Å²) in [6, 6.07) is 0. The lowest BCUT2D eigenvalue weighted by atomic mass is 11.7. The van der Waals surface area contributed by atoms with Crippen LogP contribution in [-0.2, 0) is 27.2 Å².